The maximum absolute atomic E-state index is 5.85. The summed E-state index contributed by atoms with van der Waals surface area (Å²) in [6.45, 7) is 0.980. The van der Waals surface area contributed by atoms with Gasteiger partial charge in [0.2, 0.25) is 0 Å². The highest BCUT2D eigenvalue weighted by Gasteiger charge is 2.14. The molecule has 106 valence electrons. The molecule has 0 amide bonds. The molecule has 0 aliphatic rings. The molecule has 0 saturated heterocycles. The first-order valence-electron chi connectivity index (χ1n) is 6.95. The van der Waals surface area contributed by atoms with E-state index in [9.17, 15) is 0 Å². The first kappa shape index (κ1) is 13.5. The second-order valence-corrected chi connectivity index (χ2v) is 4.85. The van der Waals surface area contributed by atoms with Crippen LogP contribution in [0.5, 0.6) is 0 Å². The Labute approximate surface area is 123 Å². The van der Waals surface area contributed by atoms with Crippen molar-refractivity contribution in [3.8, 4) is 22.5 Å². The molecule has 2 aromatic carbocycles. The van der Waals surface area contributed by atoms with Gasteiger partial charge in [0.05, 0.1) is 17.7 Å². The summed E-state index contributed by atoms with van der Waals surface area (Å²) in [6.07, 6.45) is 1.71. The van der Waals surface area contributed by atoms with Crippen molar-refractivity contribution in [2.45, 2.75) is 13.1 Å². The molecule has 3 aromatic rings. The smallest absolute Gasteiger partial charge is 0.0964 e. The van der Waals surface area contributed by atoms with Gasteiger partial charge in [0, 0.05) is 24.2 Å². The van der Waals surface area contributed by atoms with E-state index in [1.807, 2.05) is 42.5 Å². The zero-order valence-corrected chi connectivity index (χ0v) is 11.7. The first-order valence-corrected chi connectivity index (χ1v) is 6.95. The molecule has 0 atom stereocenters. The van der Waals surface area contributed by atoms with E-state index in [2.05, 4.69) is 16.0 Å². The van der Waals surface area contributed by atoms with Gasteiger partial charge < -0.3 is 16.5 Å². The average Bonchev–Trinajstić information content (AvgIpc) is 3.04. The molecule has 0 aliphatic carbocycles. The van der Waals surface area contributed by atoms with E-state index in [4.69, 9.17) is 11.5 Å². The maximum Gasteiger partial charge on any atom is 0.0964 e. The molecular weight excluding hydrogens is 260 g/mol. The van der Waals surface area contributed by atoms with Crippen LogP contribution in [-0.2, 0) is 13.1 Å². The van der Waals surface area contributed by atoms with Crippen molar-refractivity contribution in [2.75, 3.05) is 0 Å². The van der Waals surface area contributed by atoms with E-state index in [0.717, 1.165) is 33.6 Å². The van der Waals surface area contributed by atoms with Crippen LogP contribution in [0.1, 0.15) is 11.1 Å². The second kappa shape index (κ2) is 5.91. The van der Waals surface area contributed by atoms with Crippen LogP contribution in [0.4, 0.5) is 0 Å². The van der Waals surface area contributed by atoms with Gasteiger partial charge in [-0.2, -0.15) is 0 Å². The van der Waals surface area contributed by atoms with E-state index < -0.39 is 0 Å². The summed E-state index contributed by atoms with van der Waals surface area (Å²) in [5.74, 6) is 0. The van der Waals surface area contributed by atoms with Crippen molar-refractivity contribution in [3.05, 3.63) is 66.0 Å². The fourth-order valence-electron chi connectivity index (χ4n) is 2.58. The molecule has 1 aromatic heterocycles. The third-order valence-corrected chi connectivity index (χ3v) is 3.64. The van der Waals surface area contributed by atoms with Gasteiger partial charge in [0.1, 0.15) is 0 Å². The number of hydrogen-bond acceptors (Lipinski definition) is 3. The van der Waals surface area contributed by atoms with Crippen molar-refractivity contribution in [1.82, 2.24) is 9.97 Å². The van der Waals surface area contributed by atoms with E-state index in [1.165, 1.54) is 0 Å². The highest BCUT2D eigenvalue weighted by molar-refractivity contribution is 5.81. The van der Waals surface area contributed by atoms with Crippen molar-refractivity contribution in [1.29, 1.82) is 0 Å². The lowest BCUT2D eigenvalue weighted by molar-refractivity contribution is 1.07. The topological polar surface area (TPSA) is 80.7 Å². The Balaban J connectivity index is 2.18. The average molecular weight is 278 g/mol. The normalized spacial score (nSPS) is 10.8. The van der Waals surface area contributed by atoms with Gasteiger partial charge in [-0.25, -0.2) is 4.98 Å². The summed E-state index contributed by atoms with van der Waals surface area (Å²) >= 11 is 0. The Morgan fingerprint density at radius 1 is 0.810 bits per heavy atom. The fourth-order valence-corrected chi connectivity index (χ4v) is 2.58. The molecule has 0 radical (unpaired) electrons. The van der Waals surface area contributed by atoms with E-state index in [0.29, 0.717) is 13.1 Å². The van der Waals surface area contributed by atoms with E-state index >= 15 is 0 Å². The minimum Gasteiger partial charge on any atom is -0.344 e. The Bertz CT molecular complexity index is 684. The van der Waals surface area contributed by atoms with Crippen molar-refractivity contribution < 1.29 is 0 Å². The number of aromatic amines is 1. The van der Waals surface area contributed by atoms with E-state index in [-0.39, 0.29) is 0 Å². The van der Waals surface area contributed by atoms with Gasteiger partial charge in [0.15, 0.2) is 0 Å². The van der Waals surface area contributed by atoms with Crippen LogP contribution >= 0.6 is 0 Å². The number of nitrogens with zero attached hydrogens (tertiary/aromatic N) is 1. The van der Waals surface area contributed by atoms with Crippen LogP contribution in [0.3, 0.4) is 0 Å². The molecule has 1 heterocycles. The third-order valence-electron chi connectivity index (χ3n) is 3.64. The third kappa shape index (κ3) is 2.46. The Morgan fingerprint density at radius 2 is 1.38 bits per heavy atom. The van der Waals surface area contributed by atoms with Gasteiger partial charge >= 0.3 is 0 Å². The van der Waals surface area contributed by atoms with Crippen LogP contribution < -0.4 is 11.5 Å². The highest BCUT2D eigenvalue weighted by Crippen LogP contribution is 2.32. The van der Waals surface area contributed by atoms with Gasteiger partial charge in [0.25, 0.3) is 0 Å². The van der Waals surface area contributed by atoms with Gasteiger partial charge in [-0.3, -0.25) is 0 Å². The molecule has 0 bridgehead atoms. The van der Waals surface area contributed by atoms with Crippen LogP contribution in [0.2, 0.25) is 0 Å². The minimum atomic E-state index is 0.487. The zero-order chi connectivity index (χ0) is 14.7. The van der Waals surface area contributed by atoms with Crippen molar-refractivity contribution in [2.24, 2.45) is 11.5 Å². The first-order chi connectivity index (χ1) is 10.3. The molecule has 3 rings (SSSR count). The second-order valence-electron chi connectivity index (χ2n) is 4.85. The van der Waals surface area contributed by atoms with Gasteiger partial charge in [-0.05, 0) is 11.1 Å². The minimum absolute atomic E-state index is 0.487. The molecule has 0 spiro atoms. The zero-order valence-electron chi connectivity index (χ0n) is 11.7. The number of aromatic nitrogens is 2. The largest absolute Gasteiger partial charge is 0.344 e. The Kier molecular flexibility index (Phi) is 3.81. The molecule has 0 aliphatic heterocycles. The Hall–Kier alpha value is -2.43. The molecule has 0 unspecified atom stereocenters. The van der Waals surface area contributed by atoms with E-state index in [1.54, 1.807) is 6.33 Å². The summed E-state index contributed by atoms with van der Waals surface area (Å²) in [5, 5.41) is 0. The summed E-state index contributed by atoms with van der Waals surface area (Å²) in [5.41, 5.74) is 17.9. The molecule has 4 heteroatoms. The highest BCUT2D eigenvalue weighted by atomic mass is 14.9. The van der Waals surface area contributed by atoms with Crippen LogP contribution in [0.15, 0.2) is 54.9 Å². The molecule has 0 saturated carbocycles. The number of nitrogens with two attached hydrogens (primary N) is 2. The summed E-state index contributed by atoms with van der Waals surface area (Å²) in [7, 11) is 0. The number of nitrogens with one attached hydrogen (secondary N) is 1. The van der Waals surface area contributed by atoms with Crippen molar-refractivity contribution in [3.63, 3.8) is 0 Å². The molecule has 0 fully saturated rings. The SMILES string of the molecule is NCc1ccccc1-c1nc[nH]c1-c1ccccc1CN. The fraction of sp³-hybridized carbons (Fsp3) is 0.118. The summed E-state index contributed by atoms with van der Waals surface area (Å²) in [4.78, 5) is 7.73. The lowest BCUT2D eigenvalue weighted by Crippen LogP contribution is -2.01. The maximum atomic E-state index is 5.85. The van der Waals surface area contributed by atoms with Crippen LogP contribution in [0, 0.1) is 0 Å². The lowest BCUT2D eigenvalue weighted by Gasteiger charge is -2.10. The van der Waals surface area contributed by atoms with Crippen LogP contribution in [-0.4, -0.2) is 9.97 Å². The molecular formula is C17H18N4. The van der Waals surface area contributed by atoms with Gasteiger partial charge in [-0.15, -0.1) is 0 Å². The predicted molar refractivity (Wildman–Crippen MR) is 85.2 cm³/mol. The number of H-pyrrole nitrogens is 1. The number of hydrogen-bond donors (Lipinski definition) is 3. The monoisotopic (exact) mass is 278 g/mol. The van der Waals surface area contributed by atoms with Crippen molar-refractivity contribution >= 4 is 0 Å². The Morgan fingerprint density at radius 3 is 2.05 bits per heavy atom. The molecule has 5 N–H and O–H groups in total. The predicted octanol–water partition coefficient (Wildman–Crippen LogP) is 2.66. The number of imidazole rings is 1. The lowest BCUT2D eigenvalue weighted by atomic mass is 9.97. The number of rotatable bonds is 4. The standard InChI is InChI=1S/C17H18N4/c18-9-12-5-1-3-7-14(12)16-17(21-11-20-16)15-8-4-2-6-13(15)10-19/h1-8,11H,9-10,18-19H2,(H,20,21). The quantitative estimate of drug-likeness (QED) is 0.686. The molecule has 21 heavy (non-hydrogen) atoms. The summed E-state index contributed by atoms with van der Waals surface area (Å²) < 4.78 is 0. The summed E-state index contributed by atoms with van der Waals surface area (Å²) in [6, 6.07) is 16.2. The van der Waals surface area contributed by atoms with Crippen LogP contribution in [0.25, 0.3) is 22.5 Å². The number of benzene rings is 2. The van der Waals surface area contributed by atoms with Gasteiger partial charge in [-0.1, -0.05) is 48.5 Å². The molecule has 4 nitrogen and oxygen atoms in total.